The zero-order valence-electron chi connectivity index (χ0n) is 11.0. The molecule has 0 aliphatic heterocycles. The number of hydrogen-bond donors (Lipinski definition) is 0. The molecule has 0 radical (unpaired) electrons. The SMILES string of the molecule is CCCCOCCOc1cc(F)cc(C#CCCl)c1. The van der Waals surface area contributed by atoms with Crippen molar-refractivity contribution >= 4 is 11.6 Å². The third-order valence-corrected chi connectivity index (χ3v) is 2.44. The van der Waals surface area contributed by atoms with Crippen LogP contribution in [0.25, 0.3) is 0 Å². The van der Waals surface area contributed by atoms with Crippen LogP contribution in [0.4, 0.5) is 4.39 Å². The van der Waals surface area contributed by atoms with E-state index in [9.17, 15) is 4.39 Å². The molecule has 104 valence electrons. The second kappa shape index (κ2) is 9.66. The van der Waals surface area contributed by atoms with Crippen LogP contribution in [0.15, 0.2) is 18.2 Å². The minimum absolute atomic E-state index is 0.220. The molecule has 0 aliphatic rings. The summed E-state index contributed by atoms with van der Waals surface area (Å²) in [4.78, 5) is 0. The summed E-state index contributed by atoms with van der Waals surface area (Å²) in [7, 11) is 0. The van der Waals surface area contributed by atoms with Gasteiger partial charge in [-0.15, -0.1) is 11.6 Å². The van der Waals surface area contributed by atoms with E-state index in [4.69, 9.17) is 21.1 Å². The topological polar surface area (TPSA) is 18.5 Å². The molecule has 0 aromatic heterocycles. The maximum absolute atomic E-state index is 13.3. The fourth-order valence-corrected chi connectivity index (χ4v) is 1.49. The van der Waals surface area contributed by atoms with Gasteiger partial charge in [-0.1, -0.05) is 25.2 Å². The normalized spacial score (nSPS) is 9.84. The predicted molar refractivity (Wildman–Crippen MR) is 75.2 cm³/mol. The standard InChI is InChI=1S/C15H18ClFO2/c1-2-3-7-18-8-9-19-15-11-13(5-4-6-16)10-14(17)12-15/h10-12H,2-3,6-9H2,1H3. The van der Waals surface area contributed by atoms with Gasteiger partial charge in [0.15, 0.2) is 0 Å². The summed E-state index contributed by atoms with van der Waals surface area (Å²) in [6.45, 7) is 3.74. The Kier molecular flexibility index (Phi) is 8.04. The van der Waals surface area contributed by atoms with Crippen molar-refractivity contribution in [2.75, 3.05) is 25.7 Å². The highest BCUT2D eigenvalue weighted by molar-refractivity contribution is 6.19. The van der Waals surface area contributed by atoms with E-state index in [2.05, 4.69) is 18.8 Å². The van der Waals surface area contributed by atoms with Gasteiger partial charge in [0.05, 0.1) is 12.5 Å². The Morgan fingerprint density at radius 3 is 2.79 bits per heavy atom. The molecule has 4 heteroatoms. The van der Waals surface area contributed by atoms with Crippen molar-refractivity contribution in [1.29, 1.82) is 0 Å². The van der Waals surface area contributed by atoms with Crippen molar-refractivity contribution in [2.45, 2.75) is 19.8 Å². The second-order valence-corrected chi connectivity index (χ2v) is 4.19. The Hall–Kier alpha value is -1.24. The molecule has 0 aliphatic carbocycles. The van der Waals surface area contributed by atoms with Gasteiger partial charge in [0, 0.05) is 18.2 Å². The van der Waals surface area contributed by atoms with Gasteiger partial charge >= 0.3 is 0 Å². The molecule has 0 N–H and O–H groups in total. The van der Waals surface area contributed by atoms with E-state index in [1.165, 1.54) is 12.1 Å². The minimum atomic E-state index is -0.372. The first kappa shape index (κ1) is 15.8. The lowest BCUT2D eigenvalue weighted by Gasteiger charge is -2.07. The van der Waals surface area contributed by atoms with Crippen LogP contribution >= 0.6 is 11.6 Å². The smallest absolute Gasteiger partial charge is 0.128 e. The third kappa shape index (κ3) is 7.05. The van der Waals surface area contributed by atoms with Gasteiger partial charge in [-0.3, -0.25) is 0 Å². The molecule has 0 unspecified atom stereocenters. The molecule has 0 saturated heterocycles. The van der Waals surface area contributed by atoms with Crippen LogP contribution in [-0.2, 0) is 4.74 Å². The van der Waals surface area contributed by atoms with E-state index in [0.717, 1.165) is 19.4 Å². The molecule has 1 aromatic carbocycles. The summed E-state index contributed by atoms with van der Waals surface area (Å²) in [5, 5.41) is 0. The van der Waals surface area contributed by atoms with E-state index >= 15 is 0 Å². The molecule has 0 saturated carbocycles. The average molecular weight is 285 g/mol. The monoisotopic (exact) mass is 284 g/mol. The number of unbranched alkanes of at least 4 members (excludes halogenated alkanes) is 1. The van der Waals surface area contributed by atoms with Crippen molar-refractivity contribution in [1.82, 2.24) is 0 Å². The first-order chi connectivity index (χ1) is 9.26. The Bertz CT molecular complexity index is 438. The van der Waals surface area contributed by atoms with Gasteiger partial charge < -0.3 is 9.47 Å². The molecule has 1 aromatic rings. The quantitative estimate of drug-likeness (QED) is 0.433. The van der Waals surface area contributed by atoms with Gasteiger partial charge in [0.1, 0.15) is 18.2 Å². The zero-order chi connectivity index (χ0) is 13.9. The number of benzene rings is 1. The molecule has 0 bridgehead atoms. The predicted octanol–water partition coefficient (Wildman–Crippen LogP) is 3.61. The molecule has 0 amide bonds. The minimum Gasteiger partial charge on any atom is -0.491 e. The van der Waals surface area contributed by atoms with Crippen LogP contribution in [0, 0.1) is 17.7 Å². The van der Waals surface area contributed by atoms with Crippen molar-refractivity contribution in [3.8, 4) is 17.6 Å². The Balaban J connectivity index is 2.42. The highest BCUT2D eigenvalue weighted by atomic mass is 35.5. The summed E-state index contributed by atoms with van der Waals surface area (Å²) in [6.07, 6.45) is 2.14. The van der Waals surface area contributed by atoms with Gasteiger partial charge in [-0.2, -0.15) is 0 Å². The lowest BCUT2D eigenvalue weighted by atomic mass is 10.2. The maximum atomic E-state index is 13.3. The van der Waals surface area contributed by atoms with Gasteiger partial charge in [0.25, 0.3) is 0 Å². The largest absolute Gasteiger partial charge is 0.491 e. The summed E-state index contributed by atoms with van der Waals surface area (Å²) in [5.74, 6) is 5.74. The first-order valence-corrected chi connectivity index (χ1v) is 6.85. The van der Waals surface area contributed by atoms with Crippen LogP contribution in [0.1, 0.15) is 25.3 Å². The van der Waals surface area contributed by atoms with E-state index in [1.807, 2.05) is 0 Å². The number of alkyl halides is 1. The lowest BCUT2D eigenvalue weighted by Crippen LogP contribution is -2.07. The van der Waals surface area contributed by atoms with Crippen LogP contribution in [0.5, 0.6) is 5.75 Å². The van der Waals surface area contributed by atoms with E-state index in [-0.39, 0.29) is 11.7 Å². The van der Waals surface area contributed by atoms with Crippen molar-refractivity contribution < 1.29 is 13.9 Å². The Morgan fingerprint density at radius 1 is 1.21 bits per heavy atom. The average Bonchev–Trinajstić information content (AvgIpc) is 2.40. The maximum Gasteiger partial charge on any atom is 0.128 e. The van der Waals surface area contributed by atoms with Crippen LogP contribution in [0.3, 0.4) is 0 Å². The molecule has 19 heavy (non-hydrogen) atoms. The third-order valence-electron chi connectivity index (χ3n) is 2.31. The number of hydrogen-bond acceptors (Lipinski definition) is 2. The van der Waals surface area contributed by atoms with Crippen LogP contribution < -0.4 is 4.74 Å². The van der Waals surface area contributed by atoms with Crippen molar-refractivity contribution in [3.63, 3.8) is 0 Å². The molecule has 1 rings (SSSR count). The van der Waals surface area contributed by atoms with Crippen LogP contribution in [-0.4, -0.2) is 25.7 Å². The van der Waals surface area contributed by atoms with Crippen molar-refractivity contribution in [3.05, 3.63) is 29.6 Å². The highest BCUT2D eigenvalue weighted by Crippen LogP contribution is 2.15. The molecule has 0 heterocycles. The fraction of sp³-hybridized carbons (Fsp3) is 0.467. The first-order valence-electron chi connectivity index (χ1n) is 6.32. The van der Waals surface area contributed by atoms with E-state index in [1.54, 1.807) is 6.07 Å². The molecular weight excluding hydrogens is 267 g/mol. The summed E-state index contributed by atoms with van der Waals surface area (Å²) in [5.41, 5.74) is 0.558. The number of ether oxygens (including phenoxy) is 2. The molecule has 0 spiro atoms. The van der Waals surface area contributed by atoms with Crippen molar-refractivity contribution in [2.24, 2.45) is 0 Å². The lowest BCUT2D eigenvalue weighted by molar-refractivity contribution is 0.0979. The molecular formula is C15H18ClFO2. The molecule has 0 fully saturated rings. The van der Waals surface area contributed by atoms with Gasteiger partial charge in [-0.25, -0.2) is 4.39 Å². The summed E-state index contributed by atoms with van der Waals surface area (Å²) in [6, 6.07) is 4.37. The molecule has 2 nitrogen and oxygen atoms in total. The van der Waals surface area contributed by atoms with E-state index in [0.29, 0.717) is 24.5 Å². The number of rotatable bonds is 7. The fourth-order valence-electron chi connectivity index (χ4n) is 1.42. The Morgan fingerprint density at radius 2 is 2.05 bits per heavy atom. The second-order valence-electron chi connectivity index (χ2n) is 3.93. The number of halogens is 2. The summed E-state index contributed by atoms with van der Waals surface area (Å²) >= 11 is 5.46. The summed E-state index contributed by atoms with van der Waals surface area (Å²) < 4.78 is 24.1. The zero-order valence-corrected chi connectivity index (χ0v) is 11.8. The van der Waals surface area contributed by atoms with Gasteiger partial charge in [0.2, 0.25) is 0 Å². The molecule has 0 atom stereocenters. The van der Waals surface area contributed by atoms with Gasteiger partial charge in [-0.05, 0) is 18.6 Å². The van der Waals surface area contributed by atoms with E-state index < -0.39 is 0 Å². The van der Waals surface area contributed by atoms with Crippen LogP contribution in [0.2, 0.25) is 0 Å². The Labute approximate surface area is 118 Å². The highest BCUT2D eigenvalue weighted by Gasteiger charge is 2.00.